The molecule has 0 aliphatic rings. The molecule has 156 valence electrons. The number of nitrogens with two attached hydrogens (primary N) is 1. The van der Waals surface area contributed by atoms with Gasteiger partial charge in [0.2, 0.25) is 17.7 Å². The maximum Gasteiger partial charge on any atom is 0.245 e. The maximum absolute atomic E-state index is 13.3. The number of imidazole rings is 2. The molecule has 0 saturated carbocycles. The summed E-state index contributed by atoms with van der Waals surface area (Å²) in [6.07, 6.45) is 7.98. The molecule has 10 heteroatoms. The van der Waals surface area contributed by atoms with Gasteiger partial charge in [-0.05, 0) is 5.56 Å². The van der Waals surface area contributed by atoms with Gasteiger partial charge in [0.1, 0.15) is 18.4 Å². The summed E-state index contributed by atoms with van der Waals surface area (Å²) in [5.41, 5.74) is 6.93. The van der Waals surface area contributed by atoms with Gasteiger partial charge < -0.3 is 16.0 Å². The number of nitrogens with zero attached hydrogens (tertiary/aromatic N) is 4. The number of H-pyrrole nitrogens is 1. The first-order valence-electron chi connectivity index (χ1n) is 9.35. The summed E-state index contributed by atoms with van der Waals surface area (Å²) >= 11 is 0. The third kappa shape index (κ3) is 5.10. The van der Waals surface area contributed by atoms with Crippen LogP contribution in [0.1, 0.15) is 18.2 Å². The van der Waals surface area contributed by atoms with E-state index in [1.807, 2.05) is 30.3 Å². The molecule has 0 saturated heterocycles. The Morgan fingerprint density at radius 3 is 2.57 bits per heavy atom. The van der Waals surface area contributed by atoms with Crippen LogP contribution < -0.4 is 16.1 Å². The number of carbonyl (C=O) groups excluding carboxylic acids is 3. The summed E-state index contributed by atoms with van der Waals surface area (Å²) < 4.78 is 1.45. The summed E-state index contributed by atoms with van der Waals surface area (Å²) in [6, 6.07) is 7.39. The number of aromatic amines is 1. The van der Waals surface area contributed by atoms with Crippen LogP contribution in [0.4, 0.5) is 0 Å². The van der Waals surface area contributed by atoms with Crippen LogP contribution >= 0.6 is 0 Å². The molecule has 2 aromatic heterocycles. The van der Waals surface area contributed by atoms with Crippen molar-refractivity contribution in [2.75, 3.05) is 5.01 Å². The molecule has 1 aromatic carbocycles. The number of benzene rings is 1. The number of amides is 3. The van der Waals surface area contributed by atoms with E-state index >= 15 is 0 Å². The van der Waals surface area contributed by atoms with Crippen LogP contribution in [0.15, 0.2) is 61.6 Å². The van der Waals surface area contributed by atoms with Gasteiger partial charge in [0, 0.05) is 38.4 Å². The van der Waals surface area contributed by atoms with Crippen molar-refractivity contribution in [1.29, 1.82) is 0 Å². The Kier molecular flexibility index (Phi) is 6.58. The van der Waals surface area contributed by atoms with E-state index in [0.717, 1.165) is 5.56 Å². The molecule has 0 fully saturated rings. The van der Waals surface area contributed by atoms with Crippen LogP contribution in [0.2, 0.25) is 0 Å². The molecule has 0 bridgehead atoms. The molecular formula is C20H23N7O3. The highest BCUT2D eigenvalue weighted by atomic mass is 16.2. The molecule has 0 aliphatic carbocycles. The fourth-order valence-electron chi connectivity index (χ4n) is 3.15. The minimum atomic E-state index is -0.976. The monoisotopic (exact) mass is 409 g/mol. The average molecular weight is 409 g/mol. The second kappa shape index (κ2) is 9.50. The first kappa shape index (κ1) is 20.8. The molecule has 10 nitrogen and oxygen atoms in total. The highest BCUT2D eigenvalue weighted by molar-refractivity contribution is 5.96. The lowest BCUT2D eigenvalue weighted by molar-refractivity contribution is -0.130. The molecule has 3 amide bonds. The van der Waals surface area contributed by atoms with Gasteiger partial charge in [-0.2, -0.15) is 0 Å². The largest absolute Gasteiger partial charge is 0.368 e. The number of carbonyl (C=O) groups is 3. The topological polar surface area (TPSA) is 139 Å². The van der Waals surface area contributed by atoms with Crippen molar-refractivity contribution in [3.63, 3.8) is 0 Å². The second-order valence-corrected chi connectivity index (χ2v) is 6.74. The number of rotatable bonds is 9. The molecule has 3 aromatic rings. The van der Waals surface area contributed by atoms with Crippen molar-refractivity contribution in [3.8, 4) is 0 Å². The number of nitrogens with one attached hydrogen (secondary N) is 2. The van der Waals surface area contributed by atoms with Gasteiger partial charge in [-0.3, -0.25) is 14.4 Å². The summed E-state index contributed by atoms with van der Waals surface area (Å²) in [7, 11) is 0. The number of hydrogen-bond acceptors (Lipinski definition) is 5. The summed E-state index contributed by atoms with van der Waals surface area (Å²) in [4.78, 5) is 48.5. The normalized spacial score (nSPS) is 12.7. The molecule has 0 unspecified atom stereocenters. The second-order valence-electron chi connectivity index (χ2n) is 6.74. The predicted molar refractivity (Wildman–Crippen MR) is 108 cm³/mol. The molecular weight excluding hydrogens is 386 g/mol. The minimum Gasteiger partial charge on any atom is -0.368 e. The van der Waals surface area contributed by atoms with Crippen LogP contribution in [0.25, 0.3) is 0 Å². The van der Waals surface area contributed by atoms with Gasteiger partial charge >= 0.3 is 0 Å². The number of hydrogen-bond donors (Lipinski definition) is 3. The molecule has 2 heterocycles. The summed E-state index contributed by atoms with van der Waals surface area (Å²) in [5, 5.41) is 3.97. The zero-order valence-corrected chi connectivity index (χ0v) is 16.4. The van der Waals surface area contributed by atoms with Crippen molar-refractivity contribution in [2.24, 2.45) is 5.73 Å². The third-order valence-corrected chi connectivity index (χ3v) is 4.56. The van der Waals surface area contributed by atoms with Crippen LogP contribution in [-0.4, -0.2) is 49.4 Å². The van der Waals surface area contributed by atoms with Gasteiger partial charge in [-0.25, -0.2) is 19.7 Å². The Morgan fingerprint density at radius 2 is 2.00 bits per heavy atom. The molecule has 2 atom stereocenters. The number of primary amides is 1. The first-order chi connectivity index (χ1) is 14.5. The van der Waals surface area contributed by atoms with Crippen molar-refractivity contribution >= 4 is 17.7 Å². The maximum atomic E-state index is 13.3. The average Bonchev–Trinajstić information content (AvgIpc) is 3.41. The SMILES string of the molecule is CC(=O)N([C@@H](Cc1ccccc1)C(=O)N[C@@H](Cc1c[nH]cn1)C(N)=O)n1ccnc1. The predicted octanol–water partition coefficient (Wildman–Crippen LogP) is -0.0852. The Morgan fingerprint density at radius 1 is 1.23 bits per heavy atom. The van der Waals surface area contributed by atoms with E-state index in [1.54, 1.807) is 12.4 Å². The number of aromatic nitrogens is 4. The zero-order valence-electron chi connectivity index (χ0n) is 16.4. The van der Waals surface area contributed by atoms with Gasteiger partial charge in [-0.1, -0.05) is 30.3 Å². The summed E-state index contributed by atoms with van der Waals surface area (Å²) in [6.45, 7) is 1.36. The van der Waals surface area contributed by atoms with Crippen LogP contribution in [0.5, 0.6) is 0 Å². The smallest absolute Gasteiger partial charge is 0.245 e. The zero-order chi connectivity index (χ0) is 21.5. The first-order valence-corrected chi connectivity index (χ1v) is 9.35. The van der Waals surface area contributed by atoms with Gasteiger partial charge in [0.15, 0.2) is 0 Å². The van der Waals surface area contributed by atoms with E-state index in [4.69, 9.17) is 5.73 Å². The molecule has 3 rings (SSSR count). The molecule has 0 radical (unpaired) electrons. The molecule has 30 heavy (non-hydrogen) atoms. The highest BCUT2D eigenvalue weighted by Gasteiger charge is 2.32. The molecule has 4 N–H and O–H groups in total. The Balaban J connectivity index is 1.88. The minimum absolute atomic E-state index is 0.133. The quantitative estimate of drug-likeness (QED) is 0.453. The Hall–Kier alpha value is -3.95. The molecule has 0 spiro atoms. The Labute approximate surface area is 173 Å². The van der Waals surface area contributed by atoms with E-state index in [0.29, 0.717) is 5.69 Å². The lowest BCUT2D eigenvalue weighted by Gasteiger charge is -2.31. The van der Waals surface area contributed by atoms with Crippen molar-refractivity contribution in [2.45, 2.75) is 31.8 Å². The van der Waals surface area contributed by atoms with Crippen molar-refractivity contribution in [3.05, 3.63) is 72.8 Å². The standard InChI is InChI=1S/C20H23N7O3/c1-14(28)27(26-8-7-22-13-26)18(9-15-5-3-2-4-6-15)20(30)25-17(19(21)29)10-16-11-23-12-24-16/h2-8,11-13,17-18H,9-10H2,1H3,(H2,21,29)(H,23,24)(H,25,30)/t17-,18-/m0/s1. The van der Waals surface area contributed by atoms with Gasteiger partial charge in [0.25, 0.3) is 0 Å². The summed E-state index contributed by atoms with van der Waals surface area (Å²) in [5.74, 6) is -1.56. The Bertz CT molecular complexity index is 971. The van der Waals surface area contributed by atoms with Crippen molar-refractivity contribution in [1.82, 2.24) is 24.9 Å². The van der Waals surface area contributed by atoms with E-state index < -0.39 is 23.9 Å². The van der Waals surface area contributed by atoms with Crippen LogP contribution in [0.3, 0.4) is 0 Å². The lowest BCUT2D eigenvalue weighted by atomic mass is 10.0. The lowest BCUT2D eigenvalue weighted by Crippen LogP contribution is -2.58. The fraction of sp³-hybridized carbons (Fsp3) is 0.250. The van der Waals surface area contributed by atoms with E-state index in [2.05, 4.69) is 20.3 Å². The van der Waals surface area contributed by atoms with Crippen molar-refractivity contribution < 1.29 is 14.4 Å². The molecule has 0 aliphatic heterocycles. The third-order valence-electron chi connectivity index (χ3n) is 4.56. The van der Waals surface area contributed by atoms with E-state index in [1.165, 1.54) is 35.5 Å². The van der Waals surface area contributed by atoms with Crippen LogP contribution in [0, 0.1) is 0 Å². The highest BCUT2D eigenvalue weighted by Crippen LogP contribution is 2.11. The fourth-order valence-corrected chi connectivity index (χ4v) is 3.15. The van der Waals surface area contributed by atoms with Gasteiger partial charge in [-0.15, -0.1) is 0 Å². The van der Waals surface area contributed by atoms with Crippen LogP contribution in [-0.2, 0) is 27.2 Å². The van der Waals surface area contributed by atoms with E-state index in [9.17, 15) is 14.4 Å². The van der Waals surface area contributed by atoms with E-state index in [-0.39, 0.29) is 18.7 Å². The van der Waals surface area contributed by atoms with Gasteiger partial charge in [0.05, 0.1) is 12.0 Å².